The quantitative estimate of drug-likeness (QED) is 0.478. The number of aryl methyl sites for hydroxylation is 2. The Labute approximate surface area is 170 Å². The minimum absolute atomic E-state index is 0.0814. The van der Waals surface area contributed by atoms with Crippen LogP contribution in [-0.2, 0) is 9.59 Å². The van der Waals surface area contributed by atoms with Crippen LogP contribution < -0.4 is 0 Å². The number of carbonyl (C=O) groups is 2. The van der Waals surface area contributed by atoms with E-state index in [9.17, 15) is 19.1 Å². The van der Waals surface area contributed by atoms with Crippen molar-refractivity contribution in [2.24, 2.45) is 0 Å². The van der Waals surface area contributed by atoms with Gasteiger partial charge in [-0.3, -0.25) is 9.59 Å². The Balaban J connectivity index is 2.19. The van der Waals surface area contributed by atoms with Gasteiger partial charge in [-0.25, -0.2) is 4.39 Å². The van der Waals surface area contributed by atoms with Gasteiger partial charge in [-0.05, 0) is 51.2 Å². The minimum Gasteiger partial charge on any atom is -0.507 e. The molecule has 0 spiro atoms. The summed E-state index contributed by atoms with van der Waals surface area (Å²) >= 11 is 0. The van der Waals surface area contributed by atoms with E-state index in [1.165, 1.54) is 11.0 Å². The second kappa shape index (κ2) is 8.17. The van der Waals surface area contributed by atoms with Gasteiger partial charge < -0.3 is 14.9 Å². The molecular weight excluding hydrogens is 371 g/mol. The Bertz CT molecular complexity index is 997. The van der Waals surface area contributed by atoms with Crippen molar-refractivity contribution < 1.29 is 19.1 Å². The maximum atomic E-state index is 14.7. The predicted molar refractivity (Wildman–Crippen MR) is 110 cm³/mol. The number of rotatable bonds is 5. The zero-order valence-corrected chi connectivity index (χ0v) is 17.1. The van der Waals surface area contributed by atoms with Crippen LogP contribution >= 0.6 is 0 Å². The molecule has 1 aliphatic rings. The zero-order chi connectivity index (χ0) is 21.3. The Morgan fingerprint density at radius 3 is 2.41 bits per heavy atom. The molecule has 29 heavy (non-hydrogen) atoms. The second-order valence-electron chi connectivity index (χ2n) is 7.62. The molecule has 1 unspecified atom stereocenters. The fourth-order valence-electron chi connectivity index (χ4n) is 3.48. The molecule has 152 valence electrons. The van der Waals surface area contributed by atoms with Gasteiger partial charge in [0.25, 0.3) is 11.7 Å². The lowest BCUT2D eigenvalue weighted by Gasteiger charge is -2.26. The maximum Gasteiger partial charge on any atom is 0.295 e. The van der Waals surface area contributed by atoms with Crippen molar-refractivity contribution >= 4 is 17.4 Å². The van der Waals surface area contributed by atoms with Crippen LogP contribution in [0.15, 0.2) is 48.0 Å². The van der Waals surface area contributed by atoms with Gasteiger partial charge in [0.05, 0.1) is 11.6 Å². The summed E-state index contributed by atoms with van der Waals surface area (Å²) in [5.41, 5.74) is 2.52. The number of carbonyl (C=O) groups excluding carboxylic acids is 2. The summed E-state index contributed by atoms with van der Waals surface area (Å²) in [5, 5.41) is 11.0. The summed E-state index contributed by atoms with van der Waals surface area (Å²) in [6.45, 7) is 4.58. The number of hydrogen-bond donors (Lipinski definition) is 1. The monoisotopic (exact) mass is 396 g/mol. The van der Waals surface area contributed by atoms with Crippen molar-refractivity contribution in [1.29, 1.82) is 0 Å². The highest BCUT2D eigenvalue weighted by atomic mass is 19.1. The first-order valence-electron chi connectivity index (χ1n) is 9.47. The number of Topliss-reactive ketones (excluding diaryl/α,β-unsaturated/α-hetero) is 1. The van der Waals surface area contributed by atoms with Gasteiger partial charge in [0, 0.05) is 24.2 Å². The van der Waals surface area contributed by atoms with Gasteiger partial charge in [-0.1, -0.05) is 30.3 Å². The van der Waals surface area contributed by atoms with Crippen molar-refractivity contribution in [3.63, 3.8) is 0 Å². The van der Waals surface area contributed by atoms with E-state index in [1.807, 2.05) is 38.9 Å². The van der Waals surface area contributed by atoms with Crippen LogP contribution in [0.5, 0.6) is 0 Å². The first kappa shape index (κ1) is 20.7. The molecule has 1 aliphatic heterocycles. The van der Waals surface area contributed by atoms with Gasteiger partial charge in [0.15, 0.2) is 0 Å². The molecule has 1 heterocycles. The van der Waals surface area contributed by atoms with E-state index in [2.05, 4.69) is 0 Å². The van der Waals surface area contributed by atoms with Crippen molar-refractivity contribution in [2.75, 3.05) is 27.2 Å². The third-order valence-electron chi connectivity index (χ3n) is 5.31. The van der Waals surface area contributed by atoms with Crippen molar-refractivity contribution in [3.05, 3.63) is 76.1 Å². The van der Waals surface area contributed by atoms with Gasteiger partial charge in [-0.15, -0.1) is 0 Å². The van der Waals surface area contributed by atoms with Crippen LogP contribution in [0, 0.1) is 19.7 Å². The summed E-state index contributed by atoms with van der Waals surface area (Å²) in [7, 11) is 3.70. The zero-order valence-electron chi connectivity index (χ0n) is 17.1. The summed E-state index contributed by atoms with van der Waals surface area (Å²) in [6.07, 6.45) is 0. The molecule has 0 bridgehead atoms. The molecule has 0 saturated carbocycles. The van der Waals surface area contributed by atoms with Crippen LogP contribution in [0.4, 0.5) is 4.39 Å². The average Bonchev–Trinajstić information content (AvgIpc) is 2.92. The normalized spacial score (nSPS) is 18.7. The number of hydrogen-bond acceptors (Lipinski definition) is 4. The lowest BCUT2D eigenvalue weighted by Crippen LogP contribution is -2.35. The van der Waals surface area contributed by atoms with E-state index >= 15 is 0 Å². The van der Waals surface area contributed by atoms with Crippen LogP contribution in [0.25, 0.3) is 5.76 Å². The number of halogens is 1. The molecule has 1 saturated heterocycles. The summed E-state index contributed by atoms with van der Waals surface area (Å²) < 4.78 is 14.7. The smallest absolute Gasteiger partial charge is 0.295 e. The van der Waals surface area contributed by atoms with E-state index < -0.39 is 23.5 Å². The third-order valence-corrected chi connectivity index (χ3v) is 5.31. The Morgan fingerprint density at radius 1 is 1.10 bits per heavy atom. The molecule has 6 heteroatoms. The van der Waals surface area contributed by atoms with E-state index in [-0.39, 0.29) is 23.4 Å². The molecule has 1 fully saturated rings. The SMILES string of the molecule is Cc1ccc(/C(O)=C2\C(=O)C(=O)N(CCN(C)C)C2c2ccccc2F)cc1C. The van der Waals surface area contributed by atoms with Crippen molar-refractivity contribution in [1.82, 2.24) is 9.80 Å². The molecule has 5 nitrogen and oxygen atoms in total. The summed E-state index contributed by atoms with van der Waals surface area (Å²) in [4.78, 5) is 28.9. The van der Waals surface area contributed by atoms with Gasteiger partial charge in [0.1, 0.15) is 11.6 Å². The first-order chi connectivity index (χ1) is 13.7. The average molecular weight is 396 g/mol. The number of ketones is 1. The lowest BCUT2D eigenvalue weighted by molar-refractivity contribution is -0.140. The molecule has 2 aromatic carbocycles. The molecule has 0 radical (unpaired) electrons. The van der Waals surface area contributed by atoms with Crippen LogP contribution in [-0.4, -0.2) is 53.8 Å². The number of aliphatic hydroxyl groups excluding tert-OH is 1. The highest BCUT2D eigenvalue weighted by molar-refractivity contribution is 6.46. The maximum absolute atomic E-state index is 14.7. The minimum atomic E-state index is -0.974. The van der Waals surface area contributed by atoms with Gasteiger partial charge in [0.2, 0.25) is 0 Å². The number of likely N-dealkylation sites (tertiary alicyclic amines) is 1. The van der Waals surface area contributed by atoms with E-state index in [0.29, 0.717) is 12.1 Å². The van der Waals surface area contributed by atoms with Crippen molar-refractivity contribution in [3.8, 4) is 0 Å². The van der Waals surface area contributed by atoms with E-state index in [1.54, 1.807) is 30.3 Å². The number of aliphatic hydroxyl groups is 1. The predicted octanol–water partition coefficient (Wildman–Crippen LogP) is 3.43. The Kier molecular flexibility index (Phi) is 5.84. The first-order valence-corrected chi connectivity index (χ1v) is 9.47. The van der Waals surface area contributed by atoms with E-state index in [4.69, 9.17) is 0 Å². The van der Waals surface area contributed by atoms with Crippen LogP contribution in [0.2, 0.25) is 0 Å². The van der Waals surface area contributed by atoms with Crippen LogP contribution in [0.1, 0.15) is 28.3 Å². The number of nitrogens with zero attached hydrogens (tertiary/aromatic N) is 2. The number of amides is 1. The lowest BCUT2D eigenvalue weighted by atomic mass is 9.94. The molecular formula is C23H25FN2O3. The fraction of sp³-hybridized carbons (Fsp3) is 0.304. The second-order valence-corrected chi connectivity index (χ2v) is 7.62. The molecule has 1 N–H and O–H groups in total. The standard InChI is InChI=1S/C23H25FN2O3/c1-14-9-10-16(13-15(14)2)21(27)19-20(17-7-5-6-8-18(17)24)26(12-11-25(3)4)23(29)22(19)28/h5-10,13,20,27H,11-12H2,1-4H3/b21-19+. The summed E-state index contributed by atoms with van der Waals surface area (Å²) in [6, 6.07) is 10.4. The largest absolute Gasteiger partial charge is 0.507 e. The number of benzene rings is 2. The Hall–Kier alpha value is -2.99. The Morgan fingerprint density at radius 2 is 1.79 bits per heavy atom. The van der Waals surface area contributed by atoms with Gasteiger partial charge in [-0.2, -0.15) is 0 Å². The molecule has 1 amide bonds. The van der Waals surface area contributed by atoms with Crippen molar-refractivity contribution in [2.45, 2.75) is 19.9 Å². The highest BCUT2D eigenvalue weighted by Crippen LogP contribution is 2.40. The van der Waals surface area contributed by atoms with Gasteiger partial charge >= 0.3 is 0 Å². The molecule has 3 rings (SSSR count). The highest BCUT2D eigenvalue weighted by Gasteiger charge is 2.46. The molecule has 0 aromatic heterocycles. The molecule has 1 atom stereocenters. The molecule has 0 aliphatic carbocycles. The third kappa shape index (κ3) is 3.93. The molecule has 2 aromatic rings. The summed E-state index contributed by atoms with van der Waals surface area (Å²) in [5.74, 6) is -2.34. The van der Waals surface area contributed by atoms with E-state index in [0.717, 1.165) is 11.1 Å². The fourth-order valence-corrected chi connectivity index (χ4v) is 3.48. The topological polar surface area (TPSA) is 60.9 Å². The number of likely N-dealkylation sites (N-methyl/N-ethyl adjacent to an activating group) is 1. The van der Waals surface area contributed by atoms with Crippen LogP contribution in [0.3, 0.4) is 0 Å².